The van der Waals surface area contributed by atoms with Gasteiger partial charge in [0.15, 0.2) is 0 Å². The lowest BCUT2D eigenvalue weighted by Gasteiger charge is -2.03. The minimum Gasteiger partial charge on any atom is -0.494 e. The van der Waals surface area contributed by atoms with Crippen molar-refractivity contribution in [1.82, 2.24) is 4.98 Å². The van der Waals surface area contributed by atoms with Gasteiger partial charge in [-0.3, -0.25) is 10.1 Å². The number of nitrogens with zero attached hydrogens (tertiary/aromatic N) is 3. The maximum absolute atomic E-state index is 13.3. The van der Waals surface area contributed by atoms with Crippen LogP contribution in [0.1, 0.15) is 11.9 Å². The second kappa shape index (κ2) is 8.95. The van der Waals surface area contributed by atoms with E-state index in [9.17, 15) is 19.8 Å². The minimum atomic E-state index is -0.716. The average molecular weight is 410 g/mol. The zero-order chi connectivity index (χ0) is 20.8. The van der Waals surface area contributed by atoms with Crippen molar-refractivity contribution in [3.05, 3.63) is 75.0 Å². The van der Waals surface area contributed by atoms with Crippen LogP contribution in [-0.2, 0) is 0 Å². The third-order valence-electron chi connectivity index (χ3n) is 3.84. The van der Waals surface area contributed by atoms with Gasteiger partial charge in [-0.2, -0.15) is 5.26 Å². The van der Waals surface area contributed by atoms with Crippen molar-refractivity contribution in [2.45, 2.75) is 6.92 Å². The maximum atomic E-state index is 13.3. The van der Waals surface area contributed by atoms with Crippen molar-refractivity contribution in [3.63, 3.8) is 0 Å². The molecule has 3 rings (SSSR count). The Morgan fingerprint density at radius 2 is 2.14 bits per heavy atom. The lowest BCUT2D eigenvalue weighted by Crippen LogP contribution is -1.97. The predicted molar refractivity (Wildman–Crippen MR) is 109 cm³/mol. The normalized spacial score (nSPS) is 11.0. The van der Waals surface area contributed by atoms with E-state index >= 15 is 0 Å². The molecular weight excluding hydrogens is 395 g/mol. The number of nitrogens with one attached hydrogen (secondary N) is 1. The van der Waals surface area contributed by atoms with Crippen molar-refractivity contribution in [2.75, 3.05) is 11.9 Å². The van der Waals surface area contributed by atoms with Crippen molar-refractivity contribution in [2.24, 2.45) is 0 Å². The molecule has 2 aromatic carbocycles. The molecule has 29 heavy (non-hydrogen) atoms. The molecule has 0 radical (unpaired) electrons. The summed E-state index contributed by atoms with van der Waals surface area (Å²) in [6, 6.07) is 12.6. The van der Waals surface area contributed by atoms with Crippen LogP contribution in [0.15, 0.2) is 54.0 Å². The van der Waals surface area contributed by atoms with Gasteiger partial charge < -0.3 is 10.1 Å². The predicted octanol–water partition coefficient (Wildman–Crippen LogP) is 5.23. The Morgan fingerprint density at radius 3 is 2.79 bits per heavy atom. The molecule has 146 valence electrons. The Balaban J connectivity index is 1.83. The summed E-state index contributed by atoms with van der Waals surface area (Å²) in [7, 11) is 0. The Bertz CT molecular complexity index is 1100. The summed E-state index contributed by atoms with van der Waals surface area (Å²) in [4.78, 5) is 14.8. The molecule has 0 bridgehead atoms. The number of nitro groups is 1. The second-order valence-corrected chi connectivity index (χ2v) is 6.59. The molecule has 1 aromatic heterocycles. The number of hydrogen-bond donors (Lipinski definition) is 1. The van der Waals surface area contributed by atoms with Crippen molar-refractivity contribution < 1.29 is 14.1 Å². The van der Waals surface area contributed by atoms with Gasteiger partial charge in [0.2, 0.25) is 0 Å². The number of hydrogen-bond acceptors (Lipinski definition) is 7. The average Bonchev–Trinajstić information content (AvgIpc) is 3.20. The highest BCUT2D eigenvalue weighted by molar-refractivity contribution is 7.11. The van der Waals surface area contributed by atoms with Crippen LogP contribution in [0.25, 0.3) is 16.8 Å². The molecule has 0 spiro atoms. The fourth-order valence-corrected chi connectivity index (χ4v) is 3.28. The van der Waals surface area contributed by atoms with Crippen LogP contribution in [0.5, 0.6) is 5.75 Å². The van der Waals surface area contributed by atoms with E-state index in [1.807, 2.05) is 42.6 Å². The lowest BCUT2D eigenvalue weighted by molar-refractivity contribution is -0.384. The van der Waals surface area contributed by atoms with Crippen LogP contribution >= 0.6 is 11.3 Å². The van der Waals surface area contributed by atoms with Crippen LogP contribution < -0.4 is 10.1 Å². The zero-order valence-electron chi connectivity index (χ0n) is 15.3. The van der Waals surface area contributed by atoms with Crippen LogP contribution in [0.2, 0.25) is 0 Å². The Kier molecular flexibility index (Phi) is 6.16. The molecule has 0 atom stereocenters. The number of anilines is 1. The molecule has 1 N–H and O–H groups in total. The molecule has 0 aliphatic heterocycles. The monoisotopic (exact) mass is 410 g/mol. The highest BCUT2D eigenvalue weighted by Crippen LogP contribution is 2.29. The molecule has 9 heteroatoms. The zero-order valence-corrected chi connectivity index (χ0v) is 16.1. The quantitative estimate of drug-likeness (QED) is 0.325. The first-order valence-electron chi connectivity index (χ1n) is 8.51. The summed E-state index contributed by atoms with van der Waals surface area (Å²) in [6.07, 6.45) is 1.32. The SMILES string of the molecule is CCOc1ccc(-c2csc(C(C#N)=CNc3ccc(F)cc3[N+](=O)[O-])n2)cc1. The Morgan fingerprint density at radius 1 is 1.38 bits per heavy atom. The van der Waals surface area contributed by atoms with Crippen LogP contribution in [-0.4, -0.2) is 16.5 Å². The number of ether oxygens (including phenoxy) is 1. The number of benzene rings is 2. The molecule has 1 heterocycles. The van der Waals surface area contributed by atoms with E-state index < -0.39 is 16.4 Å². The first kappa shape index (κ1) is 20.0. The molecule has 0 fully saturated rings. The molecular formula is C20H15FN4O3S. The van der Waals surface area contributed by atoms with E-state index in [0.29, 0.717) is 17.3 Å². The van der Waals surface area contributed by atoms with Gasteiger partial charge in [0.25, 0.3) is 5.69 Å². The number of allylic oxidation sites excluding steroid dienone is 1. The Labute approximate surface area is 169 Å². The van der Waals surface area contributed by atoms with E-state index in [1.165, 1.54) is 23.6 Å². The summed E-state index contributed by atoms with van der Waals surface area (Å²) in [6.45, 7) is 2.49. The highest BCUT2D eigenvalue weighted by Gasteiger charge is 2.15. The van der Waals surface area contributed by atoms with Gasteiger partial charge >= 0.3 is 0 Å². The first-order chi connectivity index (χ1) is 14.0. The number of rotatable bonds is 7. The van der Waals surface area contributed by atoms with Gasteiger partial charge in [-0.1, -0.05) is 0 Å². The maximum Gasteiger partial charge on any atom is 0.295 e. The van der Waals surface area contributed by atoms with Crippen molar-refractivity contribution in [1.29, 1.82) is 5.26 Å². The summed E-state index contributed by atoms with van der Waals surface area (Å²) in [5.41, 5.74) is 1.42. The third-order valence-corrected chi connectivity index (χ3v) is 4.72. The van der Waals surface area contributed by atoms with Gasteiger partial charge in [-0.25, -0.2) is 9.37 Å². The number of aromatic nitrogens is 1. The molecule has 0 saturated heterocycles. The lowest BCUT2D eigenvalue weighted by atomic mass is 10.2. The van der Waals surface area contributed by atoms with Crippen LogP contribution in [0.3, 0.4) is 0 Å². The molecule has 0 aliphatic rings. The van der Waals surface area contributed by atoms with E-state index in [1.54, 1.807) is 0 Å². The van der Waals surface area contributed by atoms with Crippen LogP contribution in [0, 0.1) is 27.3 Å². The summed E-state index contributed by atoms with van der Waals surface area (Å²) < 4.78 is 18.7. The summed E-state index contributed by atoms with van der Waals surface area (Å²) >= 11 is 1.27. The van der Waals surface area contributed by atoms with E-state index in [-0.39, 0.29) is 11.3 Å². The largest absolute Gasteiger partial charge is 0.494 e. The van der Waals surface area contributed by atoms with Gasteiger partial charge in [0.05, 0.1) is 23.3 Å². The van der Waals surface area contributed by atoms with Crippen LogP contribution in [0.4, 0.5) is 15.8 Å². The van der Waals surface area contributed by atoms with Gasteiger partial charge in [0.1, 0.15) is 33.9 Å². The molecule has 0 saturated carbocycles. The summed E-state index contributed by atoms with van der Waals surface area (Å²) in [5.74, 6) is 0.0426. The van der Waals surface area contributed by atoms with E-state index in [0.717, 1.165) is 23.4 Å². The number of halogens is 1. The molecule has 0 aliphatic carbocycles. The number of thiazole rings is 1. The number of nitro benzene ring substituents is 1. The third kappa shape index (κ3) is 4.75. The van der Waals surface area contributed by atoms with Crippen molar-refractivity contribution in [3.8, 4) is 23.1 Å². The molecule has 0 amide bonds. The van der Waals surface area contributed by atoms with Crippen molar-refractivity contribution >= 4 is 28.3 Å². The van der Waals surface area contributed by atoms with Gasteiger partial charge in [0, 0.05) is 17.1 Å². The summed E-state index contributed by atoms with van der Waals surface area (Å²) in [5, 5.41) is 25.5. The fourth-order valence-electron chi connectivity index (χ4n) is 2.49. The molecule has 3 aromatic rings. The van der Waals surface area contributed by atoms with Gasteiger partial charge in [-0.15, -0.1) is 11.3 Å². The van der Waals surface area contributed by atoms with Gasteiger partial charge in [-0.05, 0) is 43.3 Å². The number of nitriles is 1. The molecule has 0 unspecified atom stereocenters. The standard InChI is InChI=1S/C20H15FN4O3S/c1-2-28-16-6-3-13(4-7-16)18-12-29-20(24-18)14(10-22)11-23-17-8-5-15(21)9-19(17)25(26)27/h3-9,11-12,23H,2H2,1H3. The minimum absolute atomic E-state index is 0.0763. The first-order valence-corrected chi connectivity index (χ1v) is 9.39. The smallest absolute Gasteiger partial charge is 0.295 e. The fraction of sp³-hybridized carbons (Fsp3) is 0.100. The van der Waals surface area contributed by atoms with E-state index in [2.05, 4.69) is 10.3 Å². The second-order valence-electron chi connectivity index (χ2n) is 5.73. The molecule has 7 nitrogen and oxygen atoms in total. The highest BCUT2D eigenvalue weighted by atomic mass is 32.1. The topological polar surface area (TPSA) is 101 Å². The van der Waals surface area contributed by atoms with E-state index in [4.69, 9.17) is 4.74 Å². The Hall–Kier alpha value is -3.77.